The fraction of sp³-hybridized carbons (Fsp3) is 0.538. The lowest BCUT2D eigenvalue weighted by molar-refractivity contribution is 0.217. The monoisotopic (exact) mass is 294 g/mol. The first-order chi connectivity index (χ1) is 7.86. The van der Waals surface area contributed by atoms with E-state index in [1.54, 1.807) is 0 Å². The van der Waals surface area contributed by atoms with Crippen LogP contribution in [-0.4, -0.2) is 36.2 Å². The molecule has 0 unspecified atom stereocenters. The van der Waals surface area contributed by atoms with Gasteiger partial charge in [-0.2, -0.15) is 0 Å². The van der Waals surface area contributed by atoms with E-state index in [0.29, 0.717) is 0 Å². The average Bonchev–Trinajstić information content (AvgIpc) is 2.34. The van der Waals surface area contributed by atoms with Crippen LogP contribution in [0.15, 0.2) is 30.3 Å². The van der Waals surface area contributed by atoms with E-state index in [4.69, 9.17) is 10.8 Å². The zero-order valence-corrected chi connectivity index (χ0v) is 12.3. The first-order valence-electron chi connectivity index (χ1n) is 5.94. The van der Waals surface area contributed by atoms with Crippen LogP contribution in [0.25, 0.3) is 0 Å². The summed E-state index contributed by atoms with van der Waals surface area (Å²) in [6, 6.07) is 10.4. The summed E-state index contributed by atoms with van der Waals surface area (Å²) in [6.45, 7) is 3.87. The van der Waals surface area contributed by atoms with Gasteiger partial charge in [0.05, 0.1) is 0 Å². The second-order valence-corrected chi connectivity index (χ2v) is 3.98. The SMILES string of the molecule is Cl.Cl.NCCCN(CCCO)Cc1ccccc1. The van der Waals surface area contributed by atoms with Gasteiger partial charge in [-0.15, -0.1) is 24.8 Å². The second kappa shape index (κ2) is 13.1. The van der Waals surface area contributed by atoms with E-state index in [-0.39, 0.29) is 31.4 Å². The van der Waals surface area contributed by atoms with Crippen LogP contribution in [0.2, 0.25) is 0 Å². The number of rotatable bonds is 8. The Labute approximate surface area is 122 Å². The molecule has 0 aliphatic carbocycles. The van der Waals surface area contributed by atoms with Gasteiger partial charge in [0, 0.05) is 19.7 Å². The van der Waals surface area contributed by atoms with Crippen LogP contribution in [0.4, 0.5) is 0 Å². The summed E-state index contributed by atoms with van der Waals surface area (Å²) in [6.07, 6.45) is 1.84. The summed E-state index contributed by atoms with van der Waals surface area (Å²) in [5, 5.41) is 8.86. The molecular formula is C13H24Cl2N2O. The van der Waals surface area contributed by atoms with Crippen molar-refractivity contribution < 1.29 is 5.11 Å². The second-order valence-electron chi connectivity index (χ2n) is 3.98. The minimum atomic E-state index is 0. The molecule has 0 fully saturated rings. The third-order valence-corrected chi connectivity index (χ3v) is 2.56. The molecule has 0 saturated carbocycles. The Bertz CT molecular complexity index is 265. The van der Waals surface area contributed by atoms with Crippen molar-refractivity contribution >= 4 is 24.8 Å². The Hall–Kier alpha value is -0.320. The molecule has 0 heterocycles. The summed E-state index contributed by atoms with van der Waals surface area (Å²) >= 11 is 0. The lowest BCUT2D eigenvalue weighted by Gasteiger charge is -2.21. The average molecular weight is 295 g/mol. The first-order valence-corrected chi connectivity index (χ1v) is 5.94. The van der Waals surface area contributed by atoms with Crippen molar-refractivity contribution in [3.05, 3.63) is 35.9 Å². The molecule has 1 aromatic rings. The number of hydrogen-bond donors (Lipinski definition) is 2. The van der Waals surface area contributed by atoms with E-state index >= 15 is 0 Å². The topological polar surface area (TPSA) is 49.5 Å². The molecule has 5 heteroatoms. The van der Waals surface area contributed by atoms with Gasteiger partial charge >= 0.3 is 0 Å². The molecule has 0 spiro atoms. The van der Waals surface area contributed by atoms with Gasteiger partial charge < -0.3 is 10.8 Å². The van der Waals surface area contributed by atoms with Crippen LogP contribution in [0.1, 0.15) is 18.4 Å². The zero-order valence-electron chi connectivity index (χ0n) is 10.6. The standard InChI is InChI=1S/C13H22N2O.2ClH/c14-8-4-9-15(10-5-11-16)12-13-6-2-1-3-7-13;;/h1-3,6-7,16H,4-5,8-12,14H2;2*1H. The minimum Gasteiger partial charge on any atom is -0.396 e. The molecule has 3 nitrogen and oxygen atoms in total. The fourth-order valence-electron chi connectivity index (χ4n) is 1.72. The van der Waals surface area contributed by atoms with Gasteiger partial charge in [0.2, 0.25) is 0 Å². The molecule has 0 aliphatic rings. The van der Waals surface area contributed by atoms with Crippen molar-refractivity contribution in [2.75, 3.05) is 26.2 Å². The van der Waals surface area contributed by atoms with E-state index in [9.17, 15) is 0 Å². The van der Waals surface area contributed by atoms with E-state index in [2.05, 4.69) is 29.2 Å². The van der Waals surface area contributed by atoms with Gasteiger partial charge in [-0.3, -0.25) is 4.90 Å². The number of aliphatic hydroxyl groups is 1. The van der Waals surface area contributed by atoms with E-state index in [0.717, 1.165) is 39.0 Å². The van der Waals surface area contributed by atoms with Crippen molar-refractivity contribution in [2.24, 2.45) is 5.73 Å². The van der Waals surface area contributed by atoms with Crippen LogP contribution in [0.5, 0.6) is 0 Å². The highest BCUT2D eigenvalue weighted by molar-refractivity contribution is 5.85. The Balaban J connectivity index is 0. The number of halogens is 2. The maximum atomic E-state index is 8.86. The molecular weight excluding hydrogens is 271 g/mol. The third kappa shape index (κ3) is 8.72. The number of nitrogens with zero attached hydrogens (tertiary/aromatic N) is 1. The molecule has 0 radical (unpaired) electrons. The van der Waals surface area contributed by atoms with Crippen LogP contribution in [-0.2, 0) is 6.54 Å². The Morgan fingerprint density at radius 1 is 1.00 bits per heavy atom. The molecule has 0 bridgehead atoms. The van der Waals surface area contributed by atoms with Crippen molar-refractivity contribution in [1.29, 1.82) is 0 Å². The highest BCUT2D eigenvalue weighted by Crippen LogP contribution is 2.05. The first kappa shape index (κ1) is 20.0. The van der Waals surface area contributed by atoms with Crippen molar-refractivity contribution in [3.8, 4) is 0 Å². The van der Waals surface area contributed by atoms with Gasteiger partial charge in [-0.05, 0) is 31.5 Å². The minimum absolute atomic E-state index is 0. The molecule has 0 saturated heterocycles. The summed E-state index contributed by atoms with van der Waals surface area (Å²) in [4.78, 5) is 2.35. The van der Waals surface area contributed by atoms with Gasteiger partial charge in [0.25, 0.3) is 0 Å². The molecule has 0 atom stereocenters. The summed E-state index contributed by atoms with van der Waals surface area (Å²) in [5.41, 5.74) is 6.84. The molecule has 0 aliphatic heterocycles. The van der Waals surface area contributed by atoms with Crippen molar-refractivity contribution in [1.82, 2.24) is 4.90 Å². The number of nitrogens with two attached hydrogens (primary N) is 1. The van der Waals surface area contributed by atoms with Crippen LogP contribution >= 0.6 is 24.8 Å². The Morgan fingerprint density at radius 2 is 1.61 bits per heavy atom. The summed E-state index contributed by atoms with van der Waals surface area (Å²) in [5.74, 6) is 0. The zero-order chi connectivity index (χ0) is 11.6. The number of benzene rings is 1. The summed E-state index contributed by atoms with van der Waals surface area (Å²) < 4.78 is 0. The molecule has 0 amide bonds. The van der Waals surface area contributed by atoms with Crippen LogP contribution in [0, 0.1) is 0 Å². The molecule has 106 valence electrons. The maximum Gasteiger partial charge on any atom is 0.0443 e. The molecule has 0 aromatic heterocycles. The molecule has 3 N–H and O–H groups in total. The largest absolute Gasteiger partial charge is 0.396 e. The van der Waals surface area contributed by atoms with Gasteiger partial charge in [-0.1, -0.05) is 30.3 Å². The van der Waals surface area contributed by atoms with E-state index in [1.165, 1.54) is 5.56 Å². The Kier molecular flexibility index (Phi) is 14.6. The van der Waals surface area contributed by atoms with E-state index in [1.807, 2.05) is 6.07 Å². The smallest absolute Gasteiger partial charge is 0.0443 e. The molecule has 1 rings (SSSR count). The summed E-state index contributed by atoms with van der Waals surface area (Å²) in [7, 11) is 0. The van der Waals surface area contributed by atoms with Crippen molar-refractivity contribution in [2.45, 2.75) is 19.4 Å². The van der Waals surface area contributed by atoms with Gasteiger partial charge in [0.15, 0.2) is 0 Å². The van der Waals surface area contributed by atoms with Crippen LogP contribution < -0.4 is 5.73 Å². The lowest BCUT2D eigenvalue weighted by atomic mass is 10.2. The predicted molar refractivity (Wildman–Crippen MR) is 81.6 cm³/mol. The highest BCUT2D eigenvalue weighted by Gasteiger charge is 2.04. The normalized spacial score (nSPS) is 9.72. The lowest BCUT2D eigenvalue weighted by Crippen LogP contribution is -2.27. The molecule has 1 aromatic carbocycles. The number of hydrogen-bond acceptors (Lipinski definition) is 3. The fourth-order valence-corrected chi connectivity index (χ4v) is 1.72. The quantitative estimate of drug-likeness (QED) is 0.772. The van der Waals surface area contributed by atoms with Crippen LogP contribution in [0.3, 0.4) is 0 Å². The third-order valence-electron chi connectivity index (χ3n) is 2.56. The molecule has 18 heavy (non-hydrogen) atoms. The maximum absolute atomic E-state index is 8.86. The predicted octanol–water partition coefficient (Wildman–Crippen LogP) is 2.06. The Morgan fingerprint density at radius 3 is 2.17 bits per heavy atom. The van der Waals surface area contributed by atoms with Gasteiger partial charge in [0.1, 0.15) is 0 Å². The van der Waals surface area contributed by atoms with Gasteiger partial charge in [-0.25, -0.2) is 0 Å². The van der Waals surface area contributed by atoms with Crippen molar-refractivity contribution in [3.63, 3.8) is 0 Å². The van der Waals surface area contributed by atoms with E-state index < -0.39 is 0 Å². The highest BCUT2D eigenvalue weighted by atomic mass is 35.5. The number of aliphatic hydroxyl groups excluding tert-OH is 1.